The second kappa shape index (κ2) is 16.0. The van der Waals surface area contributed by atoms with Crippen molar-refractivity contribution >= 4 is 25.8 Å². The summed E-state index contributed by atoms with van der Waals surface area (Å²) in [6, 6.07) is 17.0. The molecule has 0 saturated carbocycles. The number of carbonyl (C=O) groups is 1. The third kappa shape index (κ3) is 10.4. The van der Waals surface area contributed by atoms with E-state index in [1.165, 1.54) is 10.6 Å². The number of sulfone groups is 1. The number of benzene rings is 2. The molecule has 2 unspecified atom stereocenters. The van der Waals surface area contributed by atoms with Gasteiger partial charge < -0.3 is 15.1 Å². The zero-order chi connectivity index (χ0) is 30.8. The molecule has 2 atom stereocenters. The van der Waals surface area contributed by atoms with Gasteiger partial charge in [0, 0.05) is 38.0 Å². The van der Waals surface area contributed by atoms with Gasteiger partial charge >= 0.3 is 0 Å². The lowest BCUT2D eigenvalue weighted by Gasteiger charge is -2.28. The Morgan fingerprint density at radius 1 is 0.929 bits per heavy atom. The van der Waals surface area contributed by atoms with Crippen molar-refractivity contribution in [2.45, 2.75) is 62.9 Å². The molecule has 0 spiro atoms. The molecule has 0 bridgehead atoms. The number of amides is 1. The predicted molar refractivity (Wildman–Crippen MR) is 169 cm³/mol. The van der Waals surface area contributed by atoms with Crippen molar-refractivity contribution in [1.82, 2.24) is 19.4 Å². The van der Waals surface area contributed by atoms with Crippen LogP contribution < -0.4 is 5.32 Å². The summed E-state index contributed by atoms with van der Waals surface area (Å²) in [5.41, 5.74) is 2.17. The topological polar surface area (TPSA) is 107 Å². The first-order valence-corrected chi connectivity index (χ1v) is 18.4. The maximum atomic E-state index is 13.3. The van der Waals surface area contributed by atoms with E-state index < -0.39 is 19.9 Å². The Morgan fingerprint density at radius 3 is 2.21 bits per heavy atom. The van der Waals surface area contributed by atoms with Crippen LogP contribution in [0, 0.1) is 0 Å². The van der Waals surface area contributed by atoms with E-state index in [2.05, 4.69) is 24.1 Å². The van der Waals surface area contributed by atoms with E-state index in [1.54, 1.807) is 19.2 Å². The fourth-order valence-electron chi connectivity index (χ4n) is 5.52. The number of unbranched alkanes of at least 4 members (excludes halogenated alkanes) is 1. The van der Waals surface area contributed by atoms with Crippen molar-refractivity contribution in [3.05, 3.63) is 65.7 Å². The highest BCUT2D eigenvalue weighted by molar-refractivity contribution is 7.90. The summed E-state index contributed by atoms with van der Waals surface area (Å²) < 4.78 is 51.3. The van der Waals surface area contributed by atoms with Gasteiger partial charge in [-0.1, -0.05) is 49.4 Å². The van der Waals surface area contributed by atoms with E-state index in [0.29, 0.717) is 43.4 Å². The van der Waals surface area contributed by atoms with Gasteiger partial charge in [-0.05, 0) is 82.4 Å². The molecule has 0 aromatic heterocycles. The first-order chi connectivity index (χ1) is 19.9. The summed E-state index contributed by atoms with van der Waals surface area (Å²) in [6.45, 7) is 7.57. The minimum atomic E-state index is -3.59. The lowest BCUT2D eigenvalue weighted by atomic mass is 10.1. The summed E-state index contributed by atoms with van der Waals surface area (Å²) in [5, 5.41) is 3.13. The smallest absolute Gasteiger partial charge is 0.237 e. The molecule has 234 valence electrons. The van der Waals surface area contributed by atoms with Gasteiger partial charge in [-0.25, -0.2) is 16.8 Å². The van der Waals surface area contributed by atoms with Crippen LogP contribution >= 0.6 is 0 Å². The molecule has 1 fully saturated rings. The number of hydrogen-bond acceptors (Lipinski definition) is 7. The Hall–Kier alpha value is -2.31. The number of likely N-dealkylation sites (N-methyl/N-ethyl adjacent to an activating group) is 2. The van der Waals surface area contributed by atoms with Crippen molar-refractivity contribution in [3.8, 4) is 0 Å². The molecule has 9 nitrogen and oxygen atoms in total. The van der Waals surface area contributed by atoms with Crippen LogP contribution in [-0.2, 0) is 37.5 Å². The molecule has 3 rings (SSSR count). The highest BCUT2D eigenvalue weighted by Crippen LogP contribution is 2.16. The Bertz CT molecular complexity index is 1340. The third-order valence-electron chi connectivity index (χ3n) is 8.07. The van der Waals surface area contributed by atoms with Gasteiger partial charge in [-0.3, -0.25) is 4.79 Å². The first-order valence-electron chi connectivity index (χ1n) is 14.9. The summed E-state index contributed by atoms with van der Waals surface area (Å²) in [5.74, 6) is -0.170. The van der Waals surface area contributed by atoms with Crippen LogP contribution in [-0.4, -0.2) is 107 Å². The number of nitrogens with one attached hydrogen (secondary N) is 1. The second-order valence-electron chi connectivity index (χ2n) is 11.3. The van der Waals surface area contributed by atoms with Gasteiger partial charge in [-0.2, -0.15) is 4.31 Å². The molecule has 1 N–H and O–H groups in total. The standard InChI is InChI=1S/C31H48N4O5S2/c1-5-33(26(2)22-28-14-16-30(17-15-28)41(4,37)38)18-9-10-19-34-20-11-21-35(24-31(34)36)42(39,40)25-29(32-3)23-27-12-7-6-8-13-27/h6-8,12-17,26,29,32H,5,9-11,18-25H2,1-4H3. The molecular weight excluding hydrogens is 572 g/mol. The van der Waals surface area contributed by atoms with E-state index in [0.717, 1.165) is 43.5 Å². The molecule has 11 heteroatoms. The molecular formula is C31H48N4O5S2. The van der Waals surface area contributed by atoms with E-state index in [4.69, 9.17) is 0 Å². The van der Waals surface area contributed by atoms with Crippen LogP contribution in [0.15, 0.2) is 59.5 Å². The number of hydrogen-bond donors (Lipinski definition) is 1. The largest absolute Gasteiger partial charge is 0.342 e. The zero-order valence-corrected chi connectivity index (χ0v) is 27.2. The molecule has 2 aromatic rings. The van der Waals surface area contributed by atoms with Gasteiger partial charge in [0.25, 0.3) is 0 Å². The van der Waals surface area contributed by atoms with Gasteiger partial charge in [-0.15, -0.1) is 0 Å². The summed E-state index contributed by atoms with van der Waals surface area (Å²) >= 11 is 0. The van der Waals surface area contributed by atoms with Crippen LogP contribution in [0.5, 0.6) is 0 Å². The van der Waals surface area contributed by atoms with Crippen LogP contribution in [0.3, 0.4) is 0 Å². The number of rotatable bonds is 16. The Kier molecular flexibility index (Phi) is 13.0. The first kappa shape index (κ1) is 34.2. The zero-order valence-electron chi connectivity index (χ0n) is 25.5. The van der Waals surface area contributed by atoms with Crippen molar-refractivity contribution in [1.29, 1.82) is 0 Å². The molecule has 2 aromatic carbocycles. The van der Waals surface area contributed by atoms with Crippen LogP contribution in [0.1, 0.15) is 44.2 Å². The normalized spacial score (nSPS) is 16.9. The fraction of sp³-hybridized carbons (Fsp3) is 0.581. The van der Waals surface area contributed by atoms with Crippen molar-refractivity contribution < 1.29 is 21.6 Å². The van der Waals surface area contributed by atoms with E-state index >= 15 is 0 Å². The number of sulfonamides is 1. The lowest BCUT2D eigenvalue weighted by Crippen LogP contribution is -2.45. The minimum Gasteiger partial charge on any atom is -0.342 e. The van der Waals surface area contributed by atoms with Gasteiger partial charge in [0.1, 0.15) is 0 Å². The molecule has 42 heavy (non-hydrogen) atoms. The van der Waals surface area contributed by atoms with Crippen molar-refractivity contribution in [3.63, 3.8) is 0 Å². The van der Waals surface area contributed by atoms with E-state index in [9.17, 15) is 21.6 Å². The quantitative estimate of drug-likeness (QED) is 0.288. The number of nitrogens with zero attached hydrogens (tertiary/aromatic N) is 3. The second-order valence-corrected chi connectivity index (χ2v) is 15.4. The highest BCUT2D eigenvalue weighted by atomic mass is 32.2. The average molecular weight is 621 g/mol. The van der Waals surface area contributed by atoms with E-state index in [-0.39, 0.29) is 24.2 Å². The average Bonchev–Trinajstić information content (AvgIpc) is 3.14. The molecule has 1 heterocycles. The molecule has 0 radical (unpaired) electrons. The summed E-state index contributed by atoms with van der Waals surface area (Å²) in [7, 11) is -5.02. The summed E-state index contributed by atoms with van der Waals surface area (Å²) in [6.07, 6.45) is 5.06. The third-order valence-corrected chi connectivity index (χ3v) is 11.1. The molecule has 0 aliphatic carbocycles. The molecule has 1 aliphatic rings. The Labute approximate surface area is 253 Å². The SMILES string of the molecule is CCN(CCCCN1CCCN(S(=O)(=O)CC(Cc2ccccc2)NC)CC1=O)C(C)Cc1ccc(S(C)(=O)=O)cc1. The molecule has 1 amide bonds. The van der Waals surface area contributed by atoms with E-state index in [1.807, 2.05) is 47.4 Å². The molecule has 1 saturated heterocycles. The van der Waals surface area contributed by atoms with Crippen LogP contribution in [0.25, 0.3) is 0 Å². The maximum absolute atomic E-state index is 13.3. The van der Waals surface area contributed by atoms with Crippen molar-refractivity contribution in [2.75, 3.05) is 58.3 Å². The predicted octanol–water partition coefficient (Wildman–Crippen LogP) is 2.82. The lowest BCUT2D eigenvalue weighted by molar-refractivity contribution is -0.130. The highest BCUT2D eigenvalue weighted by Gasteiger charge is 2.31. The Balaban J connectivity index is 1.45. The Morgan fingerprint density at radius 2 is 1.60 bits per heavy atom. The van der Waals surface area contributed by atoms with Gasteiger partial charge in [0.15, 0.2) is 9.84 Å². The fourth-order valence-corrected chi connectivity index (χ4v) is 7.87. The molecule has 1 aliphatic heterocycles. The van der Waals surface area contributed by atoms with Crippen LogP contribution in [0.4, 0.5) is 0 Å². The summed E-state index contributed by atoms with van der Waals surface area (Å²) in [4.78, 5) is 17.6. The minimum absolute atomic E-state index is 0.0431. The van der Waals surface area contributed by atoms with Crippen molar-refractivity contribution in [2.24, 2.45) is 0 Å². The van der Waals surface area contributed by atoms with Gasteiger partial charge in [0.2, 0.25) is 15.9 Å². The van der Waals surface area contributed by atoms with Gasteiger partial charge in [0.05, 0.1) is 17.2 Å². The van der Waals surface area contributed by atoms with Crippen LogP contribution in [0.2, 0.25) is 0 Å². The number of carbonyl (C=O) groups excluding carboxylic acids is 1. The monoisotopic (exact) mass is 620 g/mol. The maximum Gasteiger partial charge on any atom is 0.237 e.